The molecule has 0 aliphatic rings. The average molecular weight is 410 g/mol. The first-order valence-corrected chi connectivity index (χ1v) is 10.2. The molecule has 1 N–H and O–H groups in total. The van der Waals surface area contributed by atoms with Crippen molar-refractivity contribution in [2.45, 2.75) is 19.0 Å². The second-order valence-electron chi connectivity index (χ2n) is 6.12. The van der Waals surface area contributed by atoms with Crippen molar-refractivity contribution in [3.05, 3.63) is 66.0 Å². The molecule has 0 fully saturated rings. The lowest BCUT2D eigenvalue weighted by molar-refractivity contribution is -0.140. The van der Waals surface area contributed by atoms with E-state index in [1.165, 1.54) is 11.8 Å². The van der Waals surface area contributed by atoms with Gasteiger partial charge in [-0.15, -0.1) is 10.2 Å². The van der Waals surface area contributed by atoms with Crippen LogP contribution in [0.2, 0.25) is 0 Å². The molecular formula is C21H22N4O3S. The second kappa shape index (κ2) is 9.88. The highest BCUT2D eigenvalue weighted by Crippen LogP contribution is 2.24. The number of carbonyl (C=O) groups is 2. The Bertz CT molecular complexity index is 989. The van der Waals surface area contributed by atoms with Gasteiger partial charge in [0.15, 0.2) is 10.9 Å². The van der Waals surface area contributed by atoms with Crippen LogP contribution in [0.5, 0.6) is 0 Å². The first kappa shape index (κ1) is 20.6. The maximum Gasteiger partial charge on any atom is 0.325 e. The van der Waals surface area contributed by atoms with Gasteiger partial charge in [-0.3, -0.25) is 14.2 Å². The number of hydrogen-bond acceptors (Lipinski definition) is 7. The number of anilines is 1. The van der Waals surface area contributed by atoms with Crippen molar-refractivity contribution >= 4 is 29.2 Å². The number of ketones is 1. The summed E-state index contributed by atoms with van der Waals surface area (Å²) in [5.74, 6) is 0.517. The number of rotatable bonds is 9. The lowest BCUT2D eigenvalue weighted by atomic mass is 10.1. The number of carbonyl (C=O) groups excluding carboxylic acids is 2. The van der Waals surface area contributed by atoms with E-state index >= 15 is 0 Å². The third kappa shape index (κ3) is 5.23. The molecule has 0 aliphatic carbocycles. The zero-order valence-electron chi connectivity index (χ0n) is 16.3. The number of ether oxygens (including phenoxy) is 1. The van der Waals surface area contributed by atoms with Gasteiger partial charge in [0.05, 0.1) is 12.4 Å². The van der Waals surface area contributed by atoms with Crippen molar-refractivity contribution in [2.24, 2.45) is 0 Å². The molecule has 0 spiro atoms. The summed E-state index contributed by atoms with van der Waals surface area (Å²) in [6.07, 6.45) is 0. The Hall–Kier alpha value is -3.13. The maximum absolute atomic E-state index is 12.8. The zero-order valence-corrected chi connectivity index (χ0v) is 17.1. The van der Waals surface area contributed by atoms with Crippen molar-refractivity contribution in [1.29, 1.82) is 0 Å². The number of aryl methyl sites for hydroxylation is 1. The van der Waals surface area contributed by atoms with Gasteiger partial charge in [-0.05, 0) is 38.1 Å². The molecule has 0 atom stereocenters. The van der Waals surface area contributed by atoms with E-state index in [1.54, 1.807) is 25.1 Å². The van der Waals surface area contributed by atoms with Gasteiger partial charge in [0.25, 0.3) is 0 Å². The molecule has 0 unspecified atom stereocenters. The molecule has 0 aliphatic heterocycles. The molecule has 0 radical (unpaired) electrons. The van der Waals surface area contributed by atoms with E-state index < -0.39 is 0 Å². The minimum atomic E-state index is -0.365. The minimum Gasteiger partial charge on any atom is -0.465 e. The van der Waals surface area contributed by atoms with Crippen LogP contribution in [0.15, 0.2) is 59.8 Å². The Balaban J connectivity index is 1.70. The van der Waals surface area contributed by atoms with Crippen molar-refractivity contribution in [2.75, 3.05) is 24.2 Å². The minimum absolute atomic E-state index is 0.00675. The van der Waals surface area contributed by atoms with Gasteiger partial charge in [0.1, 0.15) is 12.4 Å². The van der Waals surface area contributed by atoms with Crippen LogP contribution < -0.4 is 5.32 Å². The van der Waals surface area contributed by atoms with Crippen LogP contribution >= 0.6 is 11.8 Å². The van der Waals surface area contributed by atoms with E-state index in [-0.39, 0.29) is 24.1 Å². The number of hydrogen-bond donors (Lipinski definition) is 1. The molecule has 1 heterocycles. The van der Waals surface area contributed by atoms with Gasteiger partial charge < -0.3 is 10.1 Å². The normalized spacial score (nSPS) is 10.6. The third-order valence-corrected chi connectivity index (χ3v) is 5.03. The summed E-state index contributed by atoms with van der Waals surface area (Å²) < 4.78 is 6.84. The Labute approximate surface area is 173 Å². The fourth-order valence-corrected chi connectivity index (χ4v) is 3.66. The fraction of sp³-hybridized carbons (Fsp3) is 0.238. The Morgan fingerprint density at radius 3 is 2.55 bits per heavy atom. The molecule has 3 aromatic rings. The smallest absolute Gasteiger partial charge is 0.325 e. The molecule has 3 rings (SSSR count). The standard InChI is InChI=1S/C21H22N4O3S/c1-3-28-20(27)13-22-18-12-8-7-11-17(18)19(26)14-29-21-24-23-15(2)25(21)16-9-5-4-6-10-16/h4-12,22H,3,13-14H2,1-2H3. The number of Topliss-reactive ketones (excluding diaryl/α,β-unsaturated/α-hetero) is 1. The van der Waals surface area contributed by atoms with Crippen LogP contribution in [0.25, 0.3) is 5.69 Å². The van der Waals surface area contributed by atoms with Crippen LogP contribution in [0, 0.1) is 6.92 Å². The molecule has 2 aromatic carbocycles. The van der Waals surface area contributed by atoms with Crippen molar-refractivity contribution in [3.63, 3.8) is 0 Å². The summed E-state index contributed by atoms with van der Waals surface area (Å²) in [4.78, 5) is 24.4. The van der Waals surface area contributed by atoms with E-state index in [4.69, 9.17) is 4.74 Å². The van der Waals surface area contributed by atoms with Gasteiger partial charge in [-0.25, -0.2) is 0 Å². The monoisotopic (exact) mass is 410 g/mol. The Morgan fingerprint density at radius 2 is 1.79 bits per heavy atom. The summed E-state index contributed by atoms with van der Waals surface area (Å²) in [5, 5.41) is 12.0. The topological polar surface area (TPSA) is 86.1 Å². The molecule has 0 saturated heterocycles. The van der Waals surface area contributed by atoms with Crippen LogP contribution in [0.4, 0.5) is 5.69 Å². The third-order valence-electron chi connectivity index (χ3n) is 4.10. The highest BCUT2D eigenvalue weighted by atomic mass is 32.2. The fourth-order valence-electron chi connectivity index (χ4n) is 2.78. The average Bonchev–Trinajstić information content (AvgIpc) is 3.12. The number of thioether (sulfide) groups is 1. The summed E-state index contributed by atoms with van der Waals surface area (Å²) in [7, 11) is 0. The molecule has 0 amide bonds. The highest BCUT2D eigenvalue weighted by Gasteiger charge is 2.16. The van der Waals surface area contributed by atoms with Crippen molar-refractivity contribution < 1.29 is 14.3 Å². The SMILES string of the molecule is CCOC(=O)CNc1ccccc1C(=O)CSc1nnc(C)n1-c1ccccc1. The molecule has 8 heteroatoms. The first-order chi connectivity index (χ1) is 14.1. The molecule has 0 bridgehead atoms. The number of nitrogens with zero attached hydrogens (tertiary/aromatic N) is 3. The van der Waals surface area contributed by atoms with E-state index in [9.17, 15) is 9.59 Å². The maximum atomic E-state index is 12.8. The second-order valence-corrected chi connectivity index (χ2v) is 7.06. The van der Waals surface area contributed by atoms with Gasteiger partial charge in [-0.2, -0.15) is 0 Å². The van der Waals surface area contributed by atoms with Crippen LogP contribution in [-0.4, -0.2) is 45.4 Å². The largest absolute Gasteiger partial charge is 0.465 e. The summed E-state index contributed by atoms with van der Waals surface area (Å²) in [6.45, 7) is 3.95. The summed E-state index contributed by atoms with van der Waals surface area (Å²) in [6, 6.07) is 16.9. The number of nitrogens with one attached hydrogen (secondary N) is 1. The summed E-state index contributed by atoms with van der Waals surface area (Å²) >= 11 is 1.33. The van der Waals surface area contributed by atoms with Gasteiger partial charge >= 0.3 is 5.97 Å². The lowest BCUT2D eigenvalue weighted by Crippen LogP contribution is -2.18. The van der Waals surface area contributed by atoms with Gasteiger partial charge in [-0.1, -0.05) is 42.1 Å². The predicted molar refractivity (Wildman–Crippen MR) is 113 cm³/mol. The zero-order chi connectivity index (χ0) is 20.6. The summed E-state index contributed by atoms with van der Waals surface area (Å²) in [5.41, 5.74) is 2.07. The van der Waals surface area contributed by atoms with Crippen molar-refractivity contribution in [1.82, 2.24) is 14.8 Å². The van der Waals surface area contributed by atoms with E-state index in [0.717, 1.165) is 11.5 Å². The van der Waals surface area contributed by atoms with Gasteiger partial charge in [0, 0.05) is 16.9 Å². The molecule has 1 aromatic heterocycles. The number of aromatic nitrogens is 3. The Kier molecular flexibility index (Phi) is 7.02. The molecule has 150 valence electrons. The van der Waals surface area contributed by atoms with Crippen LogP contribution in [-0.2, 0) is 9.53 Å². The van der Waals surface area contributed by atoms with Crippen LogP contribution in [0.3, 0.4) is 0 Å². The van der Waals surface area contributed by atoms with Gasteiger partial charge in [0.2, 0.25) is 0 Å². The van der Waals surface area contributed by atoms with Crippen molar-refractivity contribution in [3.8, 4) is 5.69 Å². The first-order valence-electron chi connectivity index (χ1n) is 9.22. The number of esters is 1. The molecule has 29 heavy (non-hydrogen) atoms. The highest BCUT2D eigenvalue weighted by molar-refractivity contribution is 7.99. The van der Waals surface area contributed by atoms with Crippen LogP contribution in [0.1, 0.15) is 23.1 Å². The Morgan fingerprint density at radius 1 is 1.07 bits per heavy atom. The predicted octanol–water partition coefficient (Wildman–Crippen LogP) is 3.53. The molecule has 7 nitrogen and oxygen atoms in total. The van der Waals surface area contributed by atoms with E-state index in [1.807, 2.05) is 47.9 Å². The molecule has 0 saturated carbocycles. The quantitative estimate of drug-likeness (QED) is 0.328. The number of para-hydroxylation sites is 2. The lowest BCUT2D eigenvalue weighted by Gasteiger charge is -2.11. The number of benzene rings is 2. The van der Waals surface area contributed by atoms with E-state index in [0.29, 0.717) is 23.0 Å². The molecular weight excluding hydrogens is 388 g/mol. The van der Waals surface area contributed by atoms with E-state index in [2.05, 4.69) is 15.5 Å².